The molecule has 0 aliphatic carbocycles. The third-order valence-electron chi connectivity index (χ3n) is 24.2. The summed E-state index contributed by atoms with van der Waals surface area (Å²) < 4.78 is 123. The topological polar surface area (TPSA) is 148 Å². The molecule has 2 atom stereocenters. The number of hydrogen-bond donors (Lipinski definition) is 0. The van der Waals surface area contributed by atoms with E-state index in [1.54, 1.807) is 0 Å². The van der Waals surface area contributed by atoms with Gasteiger partial charge in [0.05, 0.1) is 0 Å². The van der Waals surface area contributed by atoms with E-state index >= 15 is 0 Å². The Morgan fingerprint density at radius 2 is 0.599 bits per heavy atom. The average molecular weight is 2420 g/mol. The van der Waals surface area contributed by atoms with E-state index in [1.165, 1.54) is 21.5 Å². The van der Waals surface area contributed by atoms with Gasteiger partial charge in [-0.2, -0.15) is 0 Å². The fraction of sp³-hybridized carbons (Fsp3) is 0.846. The molecule has 1 aliphatic heterocycles. The monoisotopic (exact) mass is 2410 g/mol. The van der Waals surface area contributed by atoms with E-state index in [0.29, 0.717) is 0 Å². The van der Waals surface area contributed by atoms with E-state index in [4.69, 9.17) is 65.8 Å². The lowest BCUT2D eigenvalue weighted by atomic mass is 10.3. The molecule has 0 fully saturated rings. The van der Waals surface area contributed by atoms with Crippen molar-refractivity contribution in [1.29, 1.82) is 0 Å². The van der Waals surface area contributed by atoms with Gasteiger partial charge in [-0.15, -0.1) is 5.92 Å². The highest BCUT2D eigenvalue weighted by Gasteiger charge is 2.56. The van der Waals surface area contributed by atoms with E-state index in [9.17, 15) is 0 Å². The van der Waals surface area contributed by atoms with Crippen LogP contribution in [-0.2, 0) is 65.8 Å². The molecule has 0 spiro atoms. The zero-order valence-corrected chi connectivity index (χ0v) is 133. The van der Waals surface area contributed by atoms with E-state index < -0.39 is 250 Å². The molecule has 0 aromatic heterocycles. The zero-order valence-electron chi connectivity index (χ0n) is 103. The average Bonchev–Trinajstić information content (AvgIpc) is 0.776. The van der Waals surface area contributed by atoms with E-state index in [0.717, 1.165) is 51.3 Å². The van der Waals surface area contributed by atoms with Crippen molar-refractivity contribution in [3.8, 4) is 22.9 Å². The molecular formula is C91H224O16Si30. The molecule has 16 nitrogen and oxygen atoms in total. The minimum absolute atomic E-state index is 0.0562. The van der Waals surface area contributed by atoms with Crippen molar-refractivity contribution in [1.82, 2.24) is 0 Å². The first-order valence-electron chi connectivity index (χ1n) is 52.1. The Kier molecular flexibility index (Phi) is 48.1. The molecule has 0 aromatic rings. The fourth-order valence-electron chi connectivity index (χ4n) is 24.5. The van der Waals surface area contributed by atoms with Crippen LogP contribution in [-0.4, -0.2) is 250 Å². The van der Waals surface area contributed by atoms with Crippen LogP contribution in [0.2, 0.25) is 463 Å². The lowest BCUT2D eigenvalue weighted by molar-refractivity contribution is 0.387. The molecule has 2 unspecified atom stereocenters. The maximum absolute atomic E-state index is 8.15. The quantitative estimate of drug-likeness (QED) is 0.0792. The smallest absolute Gasteiger partial charge is 0.311 e. The highest BCUT2D eigenvalue weighted by molar-refractivity contribution is 7.06. The normalized spacial score (nSPS) is 26.1. The van der Waals surface area contributed by atoms with Crippen LogP contribution < -0.4 is 0 Å². The molecule has 46 heteroatoms. The van der Waals surface area contributed by atoms with Crippen LogP contribution in [0.3, 0.4) is 0 Å². The third-order valence-corrected chi connectivity index (χ3v) is 155. The van der Waals surface area contributed by atoms with Gasteiger partial charge < -0.3 is 65.8 Å². The Morgan fingerprint density at radius 3 is 0.912 bits per heavy atom. The maximum Gasteiger partial charge on any atom is 0.311 e. The van der Waals surface area contributed by atoms with Crippen molar-refractivity contribution in [3.05, 3.63) is 55.2 Å². The summed E-state index contributed by atoms with van der Waals surface area (Å²) in [6.07, 6.45) is 0. The molecule has 0 N–H and O–H groups in total. The van der Waals surface area contributed by atoms with Gasteiger partial charge in [-0.1, -0.05) is 77.4 Å². The van der Waals surface area contributed by atoms with Crippen molar-refractivity contribution in [2.75, 3.05) is 0 Å². The Balaban J connectivity index is 5.05. The van der Waals surface area contributed by atoms with Crippen molar-refractivity contribution in [2.45, 2.75) is 498 Å². The summed E-state index contributed by atoms with van der Waals surface area (Å²) in [5, 5.41) is 3.70. The summed E-state index contributed by atoms with van der Waals surface area (Å²) >= 11 is 0. The van der Waals surface area contributed by atoms with Crippen LogP contribution in [0.25, 0.3) is 0 Å². The number of rotatable bonds is 21. The molecular weight excluding hydrogens is 2190 g/mol. The van der Waals surface area contributed by atoms with Gasteiger partial charge in [0.15, 0.2) is 191 Å². The third kappa shape index (κ3) is 54.4. The van der Waals surface area contributed by atoms with E-state index in [1.807, 2.05) is 0 Å². The zero-order chi connectivity index (χ0) is 109. The van der Waals surface area contributed by atoms with Gasteiger partial charge in [-0.3, -0.25) is 0 Å². The predicted molar refractivity (Wildman–Crippen MR) is 684 cm³/mol. The number of allylic oxidation sites excluding steroid dienone is 5. The first kappa shape index (κ1) is 139. The summed E-state index contributed by atoms with van der Waals surface area (Å²) in [6, 6.07) is 2.21. The predicted octanol–water partition coefficient (Wildman–Crippen LogP) is 32.8. The summed E-state index contributed by atoms with van der Waals surface area (Å²) in [7, 11) is -74.0. The maximum atomic E-state index is 8.15. The molecule has 0 aromatic carbocycles. The van der Waals surface area contributed by atoms with Crippen LogP contribution >= 0.6 is 0 Å². The van der Waals surface area contributed by atoms with Crippen molar-refractivity contribution < 1.29 is 65.8 Å². The van der Waals surface area contributed by atoms with Crippen LogP contribution in [0.4, 0.5) is 0 Å². The van der Waals surface area contributed by atoms with Gasteiger partial charge in [0, 0.05) is 10.7 Å². The van der Waals surface area contributed by atoms with Crippen molar-refractivity contribution in [2.24, 2.45) is 0 Å². The highest BCUT2D eigenvalue weighted by Crippen LogP contribution is 2.47. The highest BCUT2D eigenvalue weighted by atomic mass is 28.5. The molecule has 0 saturated carbocycles. The second kappa shape index (κ2) is 47.6. The largest absolute Gasteiger partial charge is 0.456 e. The molecule has 0 radical (unpaired) electrons. The molecule has 1 heterocycles. The van der Waals surface area contributed by atoms with Gasteiger partial charge >= 0.3 is 17.1 Å². The van der Waals surface area contributed by atoms with Gasteiger partial charge in [0.2, 0.25) is 25.0 Å². The molecule has 1 aliphatic rings. The van der Waals surface area contributed by atoms with Gasteiger partial charge in [-0.05, 0) is 482 Å². The van der Waals surface area contributed by atoms with Crippen molar-refractivity contribution >= 4 is 250 Å². The molecule has 0 amide bonds. The summed E-state index contributed by atoms with van der Waals surface area (Å²) in [5.74, 6) is 8.03. The lowest BCUT2D eigenvalue weighted by Crippen LogP contribution is -2.58. The van der Waals surface area contributed by atoms with Gasteiger partial charge in [0.1, 0.15) is 0 Å². The lowest BCUT2D eigenvalue weighted by Gasteiger charge is -2.47. The molecule has 0 saturated heterocycles. The summed E-state index contributed by atoms with van der Waals surface area (Å²) in [4.78, 5) is 0. The van der Waals surface area contributed by atoms with Gasteiger partial charge in [0.25, 0.3) is 16.6 Å². The first-order valence-corrected chi connectivity index (χ1v) is 144. The summed E-state index contributed by atoms with van der Waals surface area (Å²) in [5.41, 5.74) is 29.3. The minimum atomic E-state index is -3.08. The number of hydrogen-bond acceptors (Lipinski definition) is 16. The van der Waals surface area contributed by atoms with Gasteiger partial charge in [-0.25, -0.2) is 0 Å². The molecule has 0 bridgehead atoms. The van der Waals surface area contributed by atoms with E-state index in [-0.39, 0.29) is 11.1 Å². The SMILES string of the molecule is CC[Si](C)(C)O[Si](C)(C)C[Si](C)(C)O[Si](C)(C)C=C1C(C)=C[Si](C)(C)O[Si](C)(C)C[Si](C)(C)O[Si](C)(C)C[Si](C)(C)O[Si](C)(C)C#CC(=C[Si](C)(C)O[Si](C)(C)C)[Si](C)(C)O[Si](C)(C)O[Si](C)(C)C(C#C[Si](C)(C)O[Si](C)(C)C)C(C)[Si](C)(C)O[Si](C)(C)C[Si](C)(C)O[Si](C)(C)C[Si](C)(C)O[Si](C)(C)C=C(C)C(=C[Si](C)(C)O[Si](C)(C)C[Si](C)(C)O[Si](C)(C)CC)[Si](C)(C)O[Si](C)(C)O[Si]1(C)C. The van der Waals surface area contributed by atoms with Crippen LogP contribution in [0.5, 0.6) is 0 Å². The van der Waals surface area contributed by atoms with Crippen LogP contribution in [0.15, 0.2) is 55.2 Å². The van der Waals surface area contributed by atoms with Crippen LogP contribution in [0, 0.1) is 22.9 Å². The second-order valence-corrected chi connectivity index (χ2v) is 188. The first-order chi connectivity index (χ1) is 59.2. The Hall–Kier alpha value is 3.69. The Bertz CT molecular complexity index is 4300. The molecule has 804 valence electrons. The van der Waals surface area contributed by atoms with Crippen molar-refractivity contribution in [3.63, 3.8) is 0 Å². The fourth-order valence-corrected chi connectivity index (χ4v) is 203. The van der Waals surface area contributed by atoms with E-state index in [2.05, 4.69) is 492 Å². The summed E-state index contributed by atoms with van der Waals surface area (Å²) in [6.45, 7) is 161. The second-order valence-electron chi connectivity index (χ2n) is 59.0. The minimum Gasteiger partial charge on any atom is -0.456 e. The Labute approximate surface area is 882 Å². The standard InChI is InChI=1S/C91H224O16Si30/c1-68-110(12,13)94-119(30,31)79-124(40,41)99-117(26,27)77-90-85(3)74-114(20,21)97-122(36,37)82-127(46,47)101-126(44,45)81-121(34,35)96-113(18,19)72-70-88(76-116(24,25)93-109(9,10)11)132(56,57)104-136(64,65)105-133(58,59)89(71-73-112(16,17)92-108(6,7)8)87(5)131(54,55)103-130(52,53)84-129(50,51)102-128(48,49)83-123(38,39)98-115(22,23)75-86(4)91(135(62,63)107-137(66,67)106-134(90,60)61)78-118(28,29)100-125(42,43)80-120(32,33)95-111(14,15)69-2/h74-78,87,89H,68-69,79-84H2,1-67H3. The molecule has 137 heavy (non-hydrogen) atoms. The molecule has 1 rings (SSSR count). The Morgan fingerprint density at radius 1 is 0.321 bits per heavy atom. The van der Waals surface area contributed by atoms with Crippen LogP contribution in [0.1, 0.15) is 34.6 Å².